The van der Waals surface area contributed by atoms with Gasteiger partial charge in [0.1, 0.15) is 0 Å². The summed E-state index contributed by atoms with van der Waals surface area (Å²) >= 11 is 0. The van der Waals surface area contributed by atoms with Crippen LogP contribution in [0.5, 0.6) is 0 Å². The molecule has 0 heterocycles. The molecule has 0 bridgehead atoms. The standard InChI is InChI=1S/C11H21NO2/c1-2-3-4-9-5-6-11(9,8-12)7-10(13)14/h9H,2-8,12H2,1H3,(H,13,14)/t9-,11-/m1/s1. The summed E-state index contributed by atoms with van der Waals surface area (Å²) in [4.78, 5) is 10.7. The molecule has 0 unspecified atom stereocenters. The van der Waals surface area contributed by atoms with Crippen LogP contribution >= 0.6 is 0 Å². The third-order valence-corrected chi connectivity index (χ3v) is 3.67. The molecule has 0 aliphatic heterocycles. The molecule has 0 spiro atoms. The van der Waals surface area contributed by atoms with Crippen molar-refractivity contribution in [3.8, 4) is 0 Å². The van der Waals surface area contributed by atoms with E-state index in [1.54, 1.807) is 0 Å². The monoisotopic (exact) mass is 199 g/mol. The number of carbonyl (C=O) groups is 1. The van der Waals surface area contributed by atoms with E-state index in [0.717, 1.165) is 12.8 Å². The molecule has 0 aromatic heterocycles. The van der Waals surface area contributed by atoms with Crippen molar-refractivity contribution < 1.29 is 9.90 Å². The molecule has 1 rings (SSSR count). The first-order valence-corrected chi connectivity index (χ1v) is 5.56. The minimum atomic E-state index is -0.698. The SMILES string of the molecule is CCCC[C@@H]1CC[C@]1(CN)CC(=O)O. The Morgan fingerprint density at radius 1 is 1.64 bits per heavy atom. The van der Waals surface area contributed by atoms with Crippen LogP contribution in [0.2, 0.25) is 0 Å². The van der Waals surface area contributed by atoms with Crippen LogP contribution in [-0.4, -0.2) is 17.6 Å². The second kappa shape index (κ2) is 4.78. The van der Waals surface area contributed by atoms with Gasteiger partial charge in [0.2, 0.25) is 0 Å². The quantitative estimate of drug-likeness (QED) is 0.687. The molecular weight excluding hydrogens is 178 g/mol. The van der Waals surface area contributed by atoms with Gasteiger partial charge in [-0.3, -0.25) is 4.79 Å². The molecule has 1 aliphatic carbocycles. The van der Waals surface area contributed by atoms with Crippen molar-refractivity contribution in [2.75, 3.05) is 6.54 Å². The molecule has 14 heavy (non-hydrogen) atoms. The fraction of sp³-hybridized carbons (Fsp3) is 0.909. The predicted molar refractivity (Wildman–Crippen MR) is 56.0 cm³/mol. The summed E-state index contributed by atoms with van der Waals surface area (Å²) in [5, 5.41) is 8.83. The van der Waals surface area contributed by atoms with Gasteiger partial charge in [-0.15, -0.1) is 0 Å². The molecule has 0 aromatic rings. The van der Waals surface area contributed by atoms with Gasteiger partial charge < -0.3 is 10.8 Å². The fourth-order valence-corrected chi connectivity index (χ4v) is 2.53. The van der Waals surface area contributed by atoms with Crippen LogP contribution in [0.15, 0.2) is 0 Å². The summed E-state index contributed by atoms with van der Waals surface area (Å²) < 4.78 is 0. The van der Waals surface area contributed by atoms with Gasteiger partial charge in [-0.25, -0.2) is 0 Å². The van der Waals surface area contributed by atoms with Crippen molar-refractivity contribution >= 4 is 5.97 Å². The van der Waals surface area contributed by atoms with E-state index in [-0.39, 0.29) is 11.8 Å². The van der Waals surface area contributed by atoms with Crippen LogP contribution in [0, 0.1) is 11.3 Å². The maximum atomic E-state index is 10.7. The number of rotatable bonds is 6. The van der Waals surface area contributed by atoms with Crippen molar-refractivity contribution in [3.05, 3.63) is 0 Å². The molecule has 3 N–H and O–H groups in total. The van der Waals surface area contributed by atoms with Crippen LogP contribution in [0.1, 0.15) is 45.4 Å². The van der Waals surface area contributed by atoms with Crippen molar-refractivity contribution in [1.29, 1.82) is 0 Å². The lowest BCUT2D eigenvalue weighted by molar-refractivity contribution is -0.143. The Morgan fingerprint density at radius 2 is 2.36 bits per heavy atom. The highest BCUT2D eigenvalue weighted by molar-refractivity contribution is 5.68. The lowest BCUT2D eigenvalue weighted by atomic mass is 9.57. The highest BCUT2D eigenvalue weighted by atomic mass is 16.4. The summed E-state index contributed by atoms with van der Waals surface area (Å²) in [7, 11) is 0. The Hall–Kier alpha value is -0.570. The van der Waals surface area contributed by atoms with Crippen LogP contribution in [-0.2, 0) is 4.79 Å². The molecule has 3 heteroatoms. The van der Waals surface area contributed by atoms with E-state index in [4.69, 9.17) is 10.8 Å². The molecule has 1 saturated carbocycles. The zero-order valence-corrected chi connectivity index (χ0v) is 8.96. The van der Waals surface area contributed by atoms with E-state index in [0.29, 0.717) is 12.5 Å². The second-order valence-electron chi connectivity index (χ2n) is 4.51. The number of hydrogen-bond donors (Lipinski definition) is 2. The number of aliphatic carboxylic acids is 1. The molecule has 0 radical (unpaired) electrons. The summed E-state index contributed by atoms with van der Waals surface area (Å²) in [5.41, 5.74) is 5.65. The molecular formula is C11H21NO2. The van der Waals surface area contributed by atoms with Gasteiger partial charge >= 0.3 is 5.97 Å². The Balaban J connectivity index is 2.48. The number of carboxylic acids is 1. The predicted octanol–water partition coefficient (Wildman–Crippen LogP) is 2.01. The highest BCUT2D eigenvalue weighted by Crippen LogP contribution is 2.50. The Morgan fingerprint density at radius 3 is 2.71 bits per heavy atom. The molecule has 0 aromatic carbocycles. The number of hydrogen-bond acceptors (Lipinski definition) is 2. The van der Waals surface area contributed by atoms with Gasteiger partial charge in [0.05, 0.1) is 6.42 Å². The minimum absolute atomic E-state index is 0.0684. The Labute approximate surface area is 85.7 Å². The van der Waals surface area contributed by atoms with Gasteiger partial charge in [0.25, 0.3) is 0 Å². The van der Waals surface area contributed by atoms with Crippen LogP contribution in [0.25, 0.3) is 0 Å². The number of unbranched alkanes of at least 4 members (excludes halogenated alkanes) is 1. The zero-order chi connectivity index (χ0) is 10.6. The van der Waals surface area contributed by atoms with Gasteiger partial charge in [-0.05, 0) is 37.1 Å². The van der Waals surface area contributed by atoms with Crippen molar-refractivity contribution in [2.24, 2.45) is 17.1 Å². The van der Waals surface area contributed by atoms with Crippen LogP contribution in [0.4, 0.5) is 0 Å². The van der Waals surface area contributed by atoms with Crippen LogP contribution < -0.4 is 5.73 Å². The van der Waals surface area contributed by atoms with Crippen LogP contribution in [0.3, 0.4) is 0 Å². The first-order valence-electron chi connectivity index (χ1n) is 5.56. The zero-order valence-electron chi connectivity index (χ0n) is 8.96. The van der Waals surface area contributed by atoms with E-state index in [9.17, 15) is 4.79 Å². The smallest absolute Gasteiger partial charge is 0.303 e. The average molecular weight is 199 g/mol. The first kappa shape index (κ1) is 11.5. The van der Waals surface area contributed by atoms with Crippen molar-refractivity contribution in [1.82, 2.24) is 0 Å². The van der Waals surface area contributed by atoms with Gasteiger partial charge in [0.15, 0.2) is 0 Å². The van der Waals surface area contributed by atoms with E-state index in [1.165, 1.54) is 19.3 Å². The summed E-state index contributed by atoms with van der Waals surface area (Å²) in [5.74, 6) is -0.139. The largest absolute Gasteiger partial charge is 0.481 e. The van der Waals surface area contributed by atoms with Gasteiger partial charge in [-0.2, -0.15) is 0 Å². The third-order valence-electron chi connectivity index (χ3n) is 3.67. The summed E-state index contributed by atoms with van der Waals surface area (Å²) in [6.45, 7) is 2.70. The van der Waals surface area contributed by atoms with E-state index in [1.807, 2.05) is 0 Å². The number of nitrogens with two attached hydrogens (primary N) is 1. The van der Waals surface area contributed by atoms with Gasteiger partial charge in [0, 0.05) is 0 Å². The molecule has 2 atom stereocenters. The molecule has 0 amide bonds. The molecule has 3 nitrogen and oxygen atoms in total. The topological polar surface area (TPSA) is 63.3 Å². The lowest BCUT2D eigenvalue weighted by Crippen LogP contribution is -2.47. The minimum Gasteiger partial charge on any atom is -0.481 e. The highest BCUT2D eigenvalue weighted by Gasteiger charge is 2.46. The summed E-state index contributed by atoms with van der Waals surface area (Å²) in [6, 6.07) is 0. The molecule has 82 valence electrons. The van der Waals surface area contributed by atoms with E-state index < -0.39 is 5.97 Å². The van der Waals surface area contributed by atoms with Crippen molar-refractivity contribution in [3.63, 3.8) is 0 Å². The van der Waals surface area contributed by atoms with E-state index >= 15 is 0 Å². The average Bonchev–Trinajstić information content (AvgIpc) is 2.12. The van der Waals surface area contributed by atoms with E-state index in [2.05, 4.69) is 6.92 Å². The lowest BCUT2D eigenvalue weighted by Gasteiger charge is -2.48. The fourth-order valence-electron chi connectivity index (χ4n) is 2.53. The van der Waals surface area contributed by atoms with Gasteiger partial charge in [-0.1, -0.05) is 19.8 Å². The third kappa shape index (κ3) is 2.27. The maximum Gasteiger partial charge on any atom is 0.303 e. The Bertz CT molecular complexity index is 201. The molecule has 1 fully saturated rings. The normalized spacial score (nSPS) is 31.1. The Kier molecular flexibility index (Phi) is 3.93. The first-order chi connectivity index (χ1) is 6.64. The maximum absolute atomic E-state index is 10.7. The molecule has 0 saturated heterocycles. The molecule has 1 aliphatic rings. The number of carboxylic acid groups (broad SMARTS) is 1. The summed E-state index contributed by atoms with van der Waals surface area (Å²) in [6.07, 6.45) is 5.98. The van der Waals surface area contributed by atoms with Crippen molar-refractivity contribution in [2.45, 2.75) is 45.4 Å². The second-order valence-corrected chi connectivity index (χ2v) is 4.51.